The molecule has 3 rings (SSSR count). The minimum atomic E-state index is -0.545. The molecule has 0 aliphatic rings. The third kappa shape index (κ3) is 5.66. The summed E-state index contributed by atoms with van der Waals surface area (Å²) in [5.74, 6) is -0.370. The van der Waals surface area contributed by atoms with Crippen LogP contribution >= 0.6 is 0 Å². The van der Waals surface area contributed by atoms with Crippen LogP contribution in [0.25, 0.3) is 11.3 Å². The third-order valence-electron chi connectivity index (χ3n) is 4.79. The lowest BCUT2D eigenvalue weighted by Crippen LogP contribution is -2.32. The number of hydrogen-bond acceptors (Lipinski definition) is 4. The third-order valence-corrected chi connectivity index (χ3v) is 4.79. The SMILES string of the molecule is CC(=O)Nc1cc(-c2ccc(C)cc2)nn(CC(=O)Nc2ccc(C(C)C)cc2)c1=O. The number of aromatic nitrogens is 2. The highest BCUT2D eigenvalue weighted by Crippen LogP contribution is 2.19. The van der Waals surface area contributed by atoms with Crippen LogP contribution in [0.15, 0.2) is 59.4 Å². The van der Waals surface area contributed by atoms with Gasteiger partial charge in [0.15, 0.2) is 0 Å². The molecule has 3 aromatic rings. The minimum absolute atomic E-state index is 0.0761. The molecule has 2 aromatic carbocycles. The van der Waals surface area contributed by atoms with E-state index >= 15 is 0 Å². The van der Waals surface area contributed by atoms with Gasteiger partial charge < -0.3 is 10.6 Å². The van der Waals surface area contributed by atoms with E-state index in [1.54, 1.807) is 0 Å². The van der Waals surface area contributed by atoms with Crippen LogP contribution in [0.5, 0.6) is 0 Å². The molecular weight excluding hydrogens is 392 g/mol. The van der Waals surface area contributed by atoms with Crippen LogP contribution in [0.1, 0.15) is 37.8 Å². The van der Waals surface area contributed by atoms with Gasteiger partial charge in [-0.05, 0) is 36.6 Å². The monoisotopic (exact) mass is 418 g/mol. The zero-order valence-corrected chi connectivity index (χ0v) is 18.1. The Labute approximate surface area is 181 Å². The van der Waals surface area contributed by atoms with Gasteiger partial charge in [-0.15, -0.1) is 0 Å². The molecule has 1 aromatic heterocycles. The van der Waals surface area contributed by atoms with Gasteiger partial charge in [0.2, 0.25) is 11.8 Å². The first-order chi connectivity index (χ1) is 14.7. The second-order valence-corrected chi connectivity index (χ2v) is 7.78. The number of nitrogens with one attached hydrogen (secondary N) is 2. The van der Waals surface area contributed by atoms with E-state index in [1.807, 2.05) is 55.5 Å². The number of carbonyl (C=O) groups is 2. The zero-order chi connectivity index (χ0) is 22.5. The maximum absolute atomic E-state index is 12.8. The molecule has 0 atom stereocenters. The molecule has 7 heteroatoms. The quantitative estimate of drug-likeness (QED) is 0.634. The first-order valence-corrected chi connectivity index (χ1v) is 10.1. The number of rotatable bonds is 6. The van der Waals surface area contributed by atoms with E-state index in [9.17, 15) is 14.4 Å². The van der Waals surface area contributed by atoms with Crippen LogP contribution in [0.2, 0.25) is 0 Å². The summed E-state index contributed by atoms with van der Waals surface area (Å²) in [6.07, 6.45) is 0. The molecule has 0 bridgehead atoms. The van der Waals surface area contributed by atoms with Gasteiger partial charge in [0.1, 0.15) is 12.2 Å². The highest BCUT2D eigenvalue weighted by molar-refractivity contribution is 5.91. The van der Waals surface area contributed by atoms with Crippen molar-refractivity contribution >= 4 is 23.2 Å². The lowest BCUT2D eigenvalue weighted by molar-refractivity contribution is -0.117. The molecule has 0 fully saturated rings. The van der Waals surface area contributed by atoms with E-state index in [0.717, 1.165) is 15.8 Å². The summed E-state index contributed by atoms with van der Waals surface area (Å²) in [6.45, 7) is 7.21. The van der Waals surface area contributed by atoms with Crippen LogP contribution in [0, 0.1) is 6.92 Å². The Kier molecular flexibility index (Phi) is 6.65. The molecule has 7 nitrogen and oxygen atoms in total. The Morgan fingerprint density at radius 3 is 2.23 bits per heavy atom. The largest absolute Gasteiger partial charge is 0.324 e. The molecule has 160 valence electrons. The second kappa shape index (κ2) is 9.38. The van der Waals surface area contributed by atoms with E-state index in [4.69, 9.17) is 0 Å². The van der Waals surface area contributed by atoms with Gasteiger partial charge in [-0.3, -0.25) is 14.4 Å². The van der Waals surface area contributed by atoms with Gasteiger partial charge in [-0.1, -0.05) is 55.8 Å². The molecule has 31 heavy (non-hydrogen) atoms. The molecular formula is C24H26N4O3. The highest BCUT2D eigenvalue weighted by Gasteiger charge is 2.14. The smallest absolute Gasteiger partial charge is 0.291 e. The average Bonchev–Trinajstić information content (AvgIpc) is 2.71. The van der Waals surface area contributed by atoms with E-state index in [-0.39, 0.29) is 24.0 Å². The summed E-state index contributed by atoms with van der Waals surface area (Å²) in [7, 11) is 0. The van der Waals surface area contributed by atoms with Gasteiger partial charge in [-0.2, -0.15) is 5.10 Å². The van der Waals surface area contributed by atoms with Crippen molar-refractivity contribution in [3.63, 3.8) is 0 Å². The van der Waals surface area contributed by atoms with E-state index in [0.29, 0.717) is 17.3 Å². The first-order valence-electron chi connectivity index (χ1n) is 10.1. The Morgan fingerprint density at radius 2 is 1.65 bits per heavy atom. The standard InChI is InChI=1S/C24H26N4O3/c1-15(2)18-9-11-20(12-10-18)26-23(30)14-28-24(31)22(25-17(4)29)13-21(27-28)19-7-5-16(3)6-8-19/h5-13,15H,14H2,1-4H3,(H,25,29)(H,26,30). The number of hydrogen-bond donors (Lipinski definition) is 2. The molecule has 0 aliphatic carbocycles. The summed E-state index contributed by atoms with van der Waals surface area (Å²) in [5.41, 5.74) is 3.68. The fourth-order valence-corrected chi connectivity index (χ4v) is 3.08. The van der Waals surface area contributed by atoms with Crippen molar-refractivity contribution < 1.29 is 9.59 Å². The summed E-state index contributed by atoms with van der Waals surface area (Å²) < 4.78 is 1.07. The number of amides is 2. The van der Waals surface area contributed by atoms with Gasteiger partial charge >= 0.3 is 0 Å². The number of nitrogens with zero attached hydrogens (tertiary/aromatic N) is 2. The van der Waals surface area contributed by atoms with Crippen LogP contribution in [-0.2, 0) is 16.1 Å². The summed E-state index contributed by atoms with van der Waals surface area (Å²) >= 11 is 0. The van der Waals surface area contributed by atoms with Gasteiger partial charge in [0.05, 0.1) is 5.69 Å². The minimum Gasteiger partial charge on any atom is -0.324 e. The second-order valence-electron chi connectivity index (χ2n) is 7.78. The van der Waals surface area contributed by atoms with Crippen molar-refractivity contribution in [2.24, 2.45) is 0 Å². The van der Waals surface area contributed by atoms with E-state index < -0.39 is 5.56 Å². The number of benzene rings is 2. The van der Waals surface area contributed by atoms with E-state index in [1.165, 1.54) is 18.6 Å². The molecule has 0 unspecified atom stereocenters. The van der Waals surface area contributed by atoms with Crippen molar-refractivity contribution in [2.75, 3.05) is 10.6 Å². The molecule has 0 radical (unpaired) electrons. The number of anilines is 2. The molecule has 1 heterocycles. The van der Waals surface area contributed by atoms with Crippen molar-refractivity contribution in [1.82, 2.24) is 9.78 Å². The predicted octanol–water partition coefficient (Wildman–Crippen LogP) is 3.94. The highest BCUT2D eigenvalue weighted by atomic mass is 16.2. The Balaban J connectivity index is 1.88. The fraction of sp³-hybridized carbons (Fsp3) is 0.250. The maximum atomic E-state index is 12.8. The lowest BCUT2D eigenvalue weighted by atomic mass is 10.0. The Bertz CT molecular complexity index is 1150. The Morgan fingerprint density at radius 1 is 1.00 bits per heavy atom. The van der Waals surface area contributed by atoms with Crippen LogP contribution in [0.3, 0.4) is 0 Å². The van der Waals surface area contributed by atoms with Crippen LogP contribution < -0.4 is 16.2 Å². The van der Waals surface area contributed by atoms with Gasteiger partial charge in [0.25, 0.3) is 5.56 Å². The lowest BCUT2D eigenvalue weighted by Gasteiger charge is -2.12. The number of aryl methyl sites for hydroxylation is 1. The van der Waals surface area contributed by atoms with Crippen molar-refractivity contribution in [3.05, 3.63) is 76.1 Å². The molecule has 2 N–H and O–H groups in total. The summed E-state index contributed by atoms with van der Waals surface area (Å²) in [4.78, 5) is 36.9. The van der Waals surface area contributed by atoms with Crippen LogP contribution in [-0.4, -0.2) is 21.6 Å². The van der Waals surface area contributed by atoms with Gasteiger partial charge in [0, 0.05) is 18.2 Å². The Hall–Kier alpha value is -3.74. The molecule has 0 aliphatic heterocycles. The molecule has 0 saturated carbocycles. The van der Waals surface area contributed by atoms with E-state index in [2.05, 4.69) is 29.6 Å². The first kappa shape index (κ1) is 22.0. The predicted molar refractivity (Wildman–Crippen MR) is 122 cm³/mol. The van der Waals surface area contributed by atoms with Crippen molar-refractivity contribution in [2.45, 2.75) is 40.2 Å². The average molecular weight is 418 g/mol. The van der Waals surface area contributed by atoms with Gasteiger partial charge in [-0.25, -0.2) is 4.68 Å². The molecule has 0 spiro atoms. The zero-order valence-electron chi connectivity index (χ0n) is 18.1. The van der Waals surface area contributed by atoms with Crippen LogP contribution in [0.4, 0.5) is 11.4 Å². The summed E-state index contributed by atoms with van der Waals surface area (Å²) in [5, 5.41) is 9.67. The molecule has 2 amide bonds. The van der Waals surface area contributed by atoms with Crippen molar-refractivity contribution in [3.8, 4) is 11.3 Å². The normalized spacial score (nSPS) is 10.7. The topological polar surface area (TPSA) is 93.1 Å². The maximum Gasteiger partial charge on any atom is 0.291 e. The van der Waals surface area contributed by atoms with Crippen molar-refractivity contribution in [1.29, 1.82) is 0 Å². The fourth-order valence-electron chi connectivity index (χ4n) is 3.08. The summed E-state index contributed by atoms with van der Waals surface area (Å²) in [6, 6.07) is 16.7. The number of carbonyl (C=O) groups excluding carboxylic acids is 2. The molecule has 0 saturated heterocycles.